The van der Waals surface area contributed by atoms with E-state index in [1.54, 1.807) is 7.11 Å². The average Bonchev–Trinajstić information content (AvgIpc) is 2.45. The monoisotopic (exact) mass is 265 g/mol. The summed E-state index contributed by atoms with van der Waals surface area (Å²) in [5.74, 6) is 1.50. The van der Waals surface area contributed by atoms with E-state index in [2.05, 4.69) is 0 Å². The molecule has 0 bridgehead atoms. The van der Waals surface area contributed by atoms with Gasteiger partial charge in [0.05, 0.1) is 19.8 Å². The van der Waals surface area contributed by atoms with E-state index in [9.17, 15) is 0 Å². The fraction of sp³-hybridized carbons (Fsp3) is 0.600. The minimum Gasteiger partial charge on any atom is -0.493 e. The van der Waals surface area contributed by atoms with Crippen LogP contribution in [0.5, 0.6) is 11.5 Å². The third-order valence-corrected chi connectivity index (χ3v) is 3.50. The summed E-state index contributed by atoms with van der Waals surface area (Å²) in [6.45, 7) is 1.08. The van der Waals surface area contributed by atoms with Crippen molar-refractivity contribution in [2.24, 2.45) is 5.73 Å². The maximum Gasteiger partial charge on any atom is 0.161 e. The maximum atomic E-state index is 6.03. The number of ether oxygens (including phenoxy) is 3. The van der Waals surface area contributed by atoms with Crippen LogP contribution in [0.3, 0.4) is 0 Å². The fourth-order valence-corrected chi connectivity index (χ4v) is 2.42. The maximum absolute atomic E-state index is 6.03. The van der Waals surface area contributed by atoms with Gasteiger partial charge in [-0.25, -0.2) is 0 Å². The van der Waals surface area contributed by atoms with Crippen molar-refractivity contribution in [3.05, 3.63) is 24.3 Å². The Morgan fingerprint density at radius 1 is 1.11 bits per heavy atom. The summed E-state index contributed by atoms with van der Waals surface area (Å²) in [4.78, 5) is 0. The molecule has 106 valence electrons. The molecule has 1 aliphatic carbocycles. The van der Waals surface area contributed by atoms with E-state index in [-0.39, 0.29) is 12.1 Å². The Morgan fingerprint density at radius 2 is 1.84 bits per heavy atom. The van der Waals surface area contributed by atoms with Gasteiger partial charge in [-0.3, -0.25) is 0 Å². The largest absolute Gasteiger partial charge is 0.493 e. The van der Waals surface area contributed by atoms with E-state index in [0.717, 1.165) is 24.3 Å². The Balaban J connectivity index is 1.71. The minimum atomic E-state index is 0.181. The van der Waals surface area contributed by atoms with Crippen LogP contribution in [-0.4, -0.2) is 32.5 Å². The highest BCUT2D eigenvalue weighted by molar-refractivity contribution is 5.39. The van der Waals surface area contributed by atoms with Crippen LogP contribution in [-0.2, 0) is 4.74 Å². The third kappa shape index (κ3) is 4.11. The first-order chi connectivity index (χ1) is 9.31. The summed E-state index contributed by atoms with van der Waals surface area (Å²) >= 11 is 0. The Hall–Kier alpha value is -1.26. The summed E-state index contributed by atoms with van der Waals surface area (Å²) < 4.78 is 16.7. The van der Waals surface area contributed by atoms with Gasteiger partial charge in [-0.1, -0.05) is 25.0 Å². The molecule has 19 heavy (non-hydrogen) atoms. The summed E-state index contributed by atoms with van der Waals surface area (Å²) in [5.41, 5.74) is 6.03. The number of benzene rings is 1. The zero-order valence-electron chi connectivity index (χ0n) is 11.5. The van der Waals surface area contributed by atoms with Gasteiger partial charge in [0.1, 0.15) is 6.61 Å². The van der Waals surface area contributed by atoms with Crippen LogP contribution in [0.4, 0.5) is 0 Å². The predicted octanol–water partition coefficient (Wildman–Crippen LogP) is 2.36. The lowest BCUT2D eigenvalue weighted by Crippen LogP contribution is -2.40. The molecule has 0 aromatic heterocycles. The topological polar surface area (TPSA) is 53.7 Å². The summed E-state index contributed by atoms with van der Waals surface area (Å²) in [6, 6.07) is 7.80. The SMILES string of the molecule is COc1ccccc1OCCOC1CCCCC1N. The molecule has 1 saturated carbocycles. The molecule has 2 rings (SSSR count). The average molecular weight is 265 g/mol. The predicted molar refractivity (Wildman–Crippen MR) is 74.7 cm³/mol. The Labute approximate surface area is 114 Å². The van der Waals surface area contributed by atoms with Gasteiger partial charge in [0.2, 0.25) is 0 Å². The van der Waals surface area contributed by atoms with Gasteiger partial charge in [0, 0.05) is 6.04 Å². The lowest BCUT2D eigenvalue weighted by atomic mass is 9.93. The molecule has 1 fully saturated rings. The van der Waals surface area contributed by atoms with Crippen molar-refractivity contribution in [1.29, 1.82) is 0 Å². The van der Waals surface area contributed by atoms with E-state index in [0.29, 0.717) is 13.2 Å². The van der Waals surface area contributed by atoms with Gasteiger partial charge < -0.3 is 19.9 Å². The number of hydrogen-bond donors (Lipinski definition) is 1. The number of rotatable bonds is 6. The van der Waals surface area contributed by atoms with Gasteiger partial charge >= 0.3 is 0 Å². The molecule has 2 atom stereocenters. The molecule has 1 aromatic rings. The zero-order valence-corrected chi connectivity index (χ0v) is 11.5. The van der Waals surface area contributed by atoms with Crippen LogP contribution in [0.2, 0.25) is 0 Å². The van der Waals surface area contributed by atoms with Gasteiger partial charge in [0.25, 0.3) is 0 Å². The normalized spacial score (nSPS) is 23.1. The molecule has 4 heteroatoms. The van der Waals surface area contributed by atoms with Crippen molar-refractivity contribution < 1.29 is 14.2 Å². The molecular weight excluding hydrogens is 242 g/mol. The van der Waals surface area contributed by atoms with Gasteiger partial charge in [-0.2, -0.15) is 0 Å². The summed E-state index contributed by atoms with van der Waals surface area (Å²) in [5, 5.41) is 0. The van der Waals surface area contributed by atoms with Crippen LogP contribution in [0.25, 0.3) is 0 Å². The first kappa shape index (κ1) is 14.2. The summed E-state index contributed by atoms with van der Waals surface area (Å²) in [6.07, 6.45) is 4.76. The molecule has 1 aromatic carbocycles. The molecule has 4 nitrogen and oxygen atoms in total. The van der Waals surface area contributed by atoms with Crippen molar-refractivity contribution in [3.63, 3.8) is 0 Å². The van der Waals surface area contributed by atoms with Crippen molar-refractivity contribution in [2.45, 2.75) is 37.8 Å². The molecule has 2 unspecified atom stereocenters. The number of methoxy groups -OCH3 is 1. The Morgan fingerprint density at radius 3 is 2.58 bits per heavy atom. The second-order valence-corrected chi connectivity index (χ2v) is 4.86. The molecule has 0 aliphatic heterocycles. The molecule has 0 saturated heterocycles. The van der Waals surface area contributed by atoms with E-state index in [4.69, 9.17) is 19.9 Å². The number of nitrogens with two attached hydrogens (primary N) is 1. The highest BCUT2D eigenvalue weighted by Gasteiger charge is 2.21. The third-order valence-electron chi connectivity index (χ3n) is 3.50. The van der Waals surface area contributed by atoms with Crippen LogP contribution < -0.4 is 15.2 Å². The Kier molecular flexibility index (Phi) is 5.48. The van der Waals surface area contributed by atoms with Crippen molar-refractivity contribution in [2.75, 3.05) is 20.3 Å². The molecule has 0 radical (unpaired) electrons. The van der Waals surface area contributed by atoms with Crippen LogP contribution >= 0.6 is 0 Å². The first-order valence-electron chi connectivity index (χ1n) is 6.94. The van der Waals surface area contributed by atoms with Crippen LogP contribution in [0, 0.1) is 0 Å². The lowest BCUT2D eigenvalue weighted by Gasteiger charge is -2.28. The highest BCUT2D eigenvalue weighted by Crippen LogP contribution is 2.25. The van der Waals surface area contributed by atoms with Crippen molar-refractivity contribution in [1.82, 2.24) is 0 Å². The smallest absolute Gasteiger partial charge is 0.161 e. The van der Waals surface area contributed by atoms with Crippen molar-refractivity contribution >= 4 is 0 Å². The fourth-order valence-electron chi connectivity index (χ4n) is 2.42. The van der Waals surface area contributed by atoms with Gasteiger partial charge in [0.15, 0.2) is 11.5 Å². The molecule has 0 heterocycles. The molecule has 0 spiro atoms. The van der Waals surface area contributed by atoms with Crippen molar-refractivity contribution in [3.8, 4) is 11.5 Å². The van der Waals surface area contributed by atoms with E-state index >= 15 is 0 Å². The quantitative estimate of drug-likeness (QED) is 0.802. The Bertz CT molecular complexity index is 383. The highest BCUT2D eigenvalue weighted by atomic mass is 16.5. The second kappa shape index (κ2) is 7.36. The van der Waals surface area contributed by atoms with Crippen LogP contribution in [0.15, 0.2) is 24.3 Å². The standard InChI is InChI=1S/C15H23NO3/c1-17-14-8-4-5-9-15(14)19-11-10-18-13-7-3-2-6-12(13)16/h4-5,8-9,12-13H,2-3,6-7,10-11,16H2,1H3. The van der Waals surface area contributed by atoms with E-state index in [1.165, 1.54) is 12.8 Å². The molecule has 2 N–H and O–H groups in total. The van der Waals surface area contributed by atoms with E-state index < -0.39 is 0 Å². The zero-order chi connectivity index (χ0) is 13.5. The minimum absolute atomic E-state index is 0.181. The molecular formula is C15H23NO3. The molecule has 0 amide bonds. The first-order valence-corrected chi connectivity index (χ1v) is 6.94. The van der Waals surface area contributed by atoms with Gasteiger partial charge in [-0.15, -0.1) is 0 Å². The second-order valence-electron chi connectivity index (χ2n) is 4.86. The lowest BCUT2D eigenvalue weighted by molar-refractivity contribution is 0.00111. The summed E-state index contributed by atoms with van der Waals surface area (Å²) in [7, 11) is 1.64. The van der Waals surface area contributed by atoms with E-state index in [1.807, 2.05) is 24.3 Å². The van der Waals surface area contributed by atoms with Gasteiger partial charge in [-0.05, 0) is 25.0 Å². The number of para-hydroxylation sites is 2. The van der Waals surface area contributed by atoms with Crippen LogP contribution in [0.1, 0.15) is 25.7 Å². The molecule has 1 aliphatic rings. The number of hydrogen-bond acceptors (Lipinski definition) is 4.